The van der Waals surface area contributed by atoms with E-state index in [0.717, 1.165) is 36.1 Å². The number of thiazole rings is 1. The van der Waals surface area contributed by atoms with E-state index < -0.39 is 0 Å². The van der Waals surface area contributed by atoms with Crippen LogP contribution in [-0.2, 0) is 6.54 Å². The standard InChI is InChI=1S/C16H24N6OS/c1-12(2)9-22-10-14(8-17-22)19-15(23)20-4-6-21(7-5-20)16-18-13(3)11-24-16/h8,10-12H,4-7,9H2,1-3H3,(H,19,23). The Hall–Kier alpha value is -2.09. The first kappa shape index (κ1) is 16.8. The lowest BCUT2D eigenvalue weighted by molar-refractivity contribution is 0.208. The average molecular weight is 348 g/mol. The van der Waals surface area contributed by atoms with Crippen molar-refractivity contribution >= 4 is 28.2 Å². The van der Waals surface area contributed by atoms with E-state index in [1.54, 1.807) is 17.5 Å². The van der Waals surface area contributed by atoms with Gasteiger partial charge in [0.25, 0.3) is 0 Å². The van der Waals surface area contributed by atoms with Gasteiger partial charge in [-0.15, -0.1) is 11.3 Å². The molecule has 1 aliphatic rings. The van der Waals surface area contributed by atoms with Crippen molar-refractivity contribution in [3.8, 4) is 0 Å². The van der Waals surface area contributed by atoms with Gasteiger partial charge in [-0.3, -0.25) is 4.68 Å². The zero-order valence-electron chi connectivity index (χ0n) is 14.4. The molecule has 0 unspecified atom stereocenters. The first-order valence-corrected chi connectivity index (χ1v) is 9.14. The lowest BCUT2D eigenvalue weighted by Gasteiger charge is -2.34. The number of rotatable bonds is 4. The van der Waals surface area contributed by atoms with Gasteiger partial charge in [-0.25, -0.2) is 9.78 Å². The number of anilines is 2. The normalized spacial score (nSPS) is 15.2. The van der Waals surface area contributed by atoms with Crippen LogP contribution in [0, 0.1) is 12.8 Å². The fourth-order valence-electron chi connectivity index (χ4n) is 2.69. The molecular weight excluding hydrogens is 324 g/mol. The van der Waals surface area contributed by atoms with Crippen molar-refractivity contribution in [2.45, 2.75) is 27.3 Å². The molecule has 0 aliphatic carbocycles. The quantitative estimate of drug-likeness (QED) is 0.922. The van der Waals surface area contributed by atoms with Crippen LogP contribution in [0.1, 0.15) is 19.5 Å². The van der Waals surface area contributed by atoms with Gasteiger partial charge in [-0.05, 0) is 12.8 Å². The number of urea groups is 1. The fourth-order valence-corrected chi connectivity index (χ4v) is 3.55. The third kappa shape index (κ3) is 4.05. The Bertz CT molecular complexity index is 686. The minimum Gasteiger partial charge on any atom is -0.345 e. The summed E-state index contributed by atoms with van der Waals surface area (Å²) in [5.41, 5.74) is 1.80. The summed E-state index contributed by atoms with van der Waals surface area (Å²) in [6.45, 7) is 10.2. The van der Waals surface area contributed by atoms with Crippen LogP contribution in [0.5, 0.6) is 0 Å². The summed E-state index contributed by atoms with van der Waals surface area (Å²) >= 11 is 1.66. The van der Waals surface area contributed by atoms with Crippen LogP contribution in [0.25, 0.3) is 0 Å². The summed E-state index contributed by atoms with van der Waals surface area (Å²) < 4.78 is 1.86. The minimum absolute atomic E-state index is 0.0610. The predicted molar refractivity (Wildman–Crippen MR) is 96.7 cm³/mol. The van der Waals surface area contributed by atoms with E-state index >= 15 is 0 Å². The Balaban J connectivity index is 1.51. The van der Waals surface area contributed by atoms with Gasteiger partial charge in [0.1, 0.15) is 0 Å². The highest BCUT2D eigenvalue weighted by Crippen LogP contribution is 2.21. The number of aromatic nitrogens is 3. The molecule has 24 heavy (non-hydrogen) atoms. The molecule has 0 bridgehead atoms. The lowest BCUT2D eigenvalue weighted by Crippen LogP contribution is -2.50. The van der Waals surface area contributed by atoms with Crippen molar-refractivity contribution in [2.75, 3.05) is 36.4 Å². The van der Waals surface area contributed by atoms with Gasteiger partial charge in [0.05, 0.1) is 17.6 Å². The zero-order chi connectivity index (χ0) is 17.1. The molecule has 2 aromatic rings. The molecule has 1 N–H and O–H groups in total. The number of carbonyl (C=O) groups is 1. The molecule has 0 atom stereocenters. The van der Waals surface area contributed by atoms with E-state index in [4.69, 9.17) is 0 Å². The molecule has 130 valence electrons. The van der Waals surface area contributed by atoms with Gasteiger partial charge in [0.2, 0.25) is 0 Å². The van der Waals surface area contributed by atoms with Gasteiger partial charge in [-0.1, -0.05) is 13.8 Å². The first-order chi connectivity index (χ1) is 11.5. The summed E-state index contributed by atoms with van der Waals surface area (Å²) in [7, 11) is 0. The molecule has 0 aromatic carbocycles. The monoisotopic (exact) mass is 348 g/mol. The molecule has 8 heteroatoms. The number of nitrogens with zero attached hydrogens (tertiary/aromatic N) is 5. The molecule has 0 saturated carbocycles. The first-order valence-electron chi connectivity index (χ1n) is 8.26. The highest BCUT2D eigenvalue weighted by atomic mass is 32.1. The minimum atomic E-state index is -0.0610. The number of carbonyl (C=O) groups excluding carboxylic acids is 1. The molecular formula is C16H24N6OS. The molecule has 1 saturated heterocycles. The summed E-state index contributed by atoms with van der Waals surface area (Å²) in [5, 5.41) is 10.3. The van der Waals surface area contributed by atoms with E-state index in [0.29, 0.717) is 19.0 Å². The molecule has 7 nitrogen and oxygen atoms in total. The molecule has 1 fully saturated rings. The van der Waals surface area contributed by atoms with E-state index in [9.17, 15) is 4.79 Å². The molecule has 0 spiro atoms. The van der Waals surface area contributed by atoms with Gasteiger partial charge in [0.15, 0.2) is 5.13 Å². The zero-order valence-corrected chi connectivity index (χ0v) is 15.2. The van der Waals surface area contributed by atoms with Crippen LogP contribution in [0.4, 0.5) is 15.6 Å². The summed E-state index contributed by atoms with van der Waals surface area (Å²) in [4.78, 5) is 21.0. The molecule has 2 aromatic heterocycles. The second-order valence-corrected chi connectivity index (χ2v) is 7.36. The summed E-state index contributed by atoms with van der Waals surface area (Å²) in [5.74, 6) is 0.524. The highest BCUT2D eigenvalue weighted by Gasteiger charge is 2.23. The number of aryl methyl sites for hydroxylation is 1. The largest absolute Gasteiger partial charge is 0.345 e. The van der Waals surface area contributed by atoms with Crippen LogP contribution >= 0.6 is 11.3 Å². The van der Waals surface area contributed by atoms with Gasteiger partial charge in [0, 0.05) is 44.3 Å². The lowest BCUT2D eigenvalue weighted by atomic mass is 10.2. The second kappa shape index (κ2) is 7.21. The number of hydrogen-bond acceptors (Lipinski definition) is 5. The summed E-state index contributed by atoms with van der Waals surface area (Å²) in [6, 6.07) is -0.0610. The second-order valence-electron chi connectivity index (χ2n) is 6.52. The number of piperazine rings is 1. The van der Waals surface area contributed by atoms with Crippen LogP contribution in [0.3, 0.4) is 0 Å². The maximum Gasteiger partial charge on any atom is 0.322 e. The van der Waals surface area contributed by atoms with E-state index in [1.807, 2.05) is 22.7 Å². The third-order valence-electron chi connectivity index (χ3n) is 3.88. The van der Waals surface area contributed by atoms with E-state index in [2.05, 4.69) is 39.5 Å². The van der Waals surface area contributed by atoms with Crippen LogP contribution in [0.2, 0.25) is 0 Å². The number of amides is 2. The van der Waals surface area contributed by atoms with Crippen molar-refractivity contribution in [1.82, 2.24) is 19.7 Å². The molecule has 3 rings (SSSR count). The van der Waals surface area contributed by atoms with Gasteiger partial charge < -0.3 is 15.1 Å². The maximum absolute atomic E-state index is 12.4. The number of hydrogen-bond donors (Lipinski definition) is 1. The van der Waals surface area contributed by atoms with Crippen molar-refractivity contribution < 1.29 is 4.79 Å². The SMILES string of the molecule is Cc1csc(N2CCN(C(=O)Nc3cnn(CC(C)C)c3)CC2)n1. The van der Waals surface area contributed by atoms with Crippen molar-refractivity contribution in [3.63, 3.8) is 0 Å². The Morgan fingerprint density at radius 1 is 1.33 bits per heavy atom. The Morgan fingerprint density at radius 3 is 2.71 bits per heavy atom. The average Bonchev–Trinajstić information content (AvgIpc) is 3.16. The van der Waals surface area contributed by atoms with Crippen LogP contribution < -0.4 is 10.2 Å². The molecule has 1 aliphatic heterocycles. The molecule has 0 radical (unpaired) electrons. The Kier molecular flexibility index (Phi) is 5.03. The van der Waals surface area contributed by atoms with Gasteiger partial charge >= 0.3 is 6.03 Å². The maximum atomic E-state index is 12.4. The Labute approximate surface area is 146 Å². The van der Waals surface area contributed by atoms with Crippen molar-refractivity contribution in [2.24, 2.45) is 5.92 Å². The summed E-state index contributed by atoms with van der Waals surface area (Å²) in [6.07, 6.45) is 3.58. The molecule has 3 heterocycles. The third-order valence-corrected chi connectivity index (χ3v) is 4.90. The highest BCUT2D eigenvalue weighted by molar-refractivity contribution is 7.13. The van der Waals surface area contributed by atoms with Crippen LogP contribution in [-0.4, -0.2) is 51.9 Å². The fraction of sp³-hybridized carbons (Fsp3) is 0.562. The van der Waals surface area contributed by atoms with Crippen molar-refractivity contribution in [3.05, 3.63) is 23.5 Å². The van der Waals surface area contributed by atoms with Gasteiger partial charge in [-0.2, -0.15) is 5.10 Å². The van der Waals surface area contributed by atoms with E-state index in [-0.39, 0.29) is 6.03 Å². The Morgan fingerprint density at radius 2 is 2.08 bits per heavy atom. The smallest absolute Gasteiger partial charge is 0.322 e. The van der Waals surface area contributed by atoms with E-state index in [1.165, 1.54) is 0 Å². The van der Waals surface area contributed by atoms with Crippen molar-refractivity contribution in [1.29, 1.82) is 0 Å². The van der Waals surface area contributed by atoms with Crippen LogP contribution in [0.15, 0.2) is 17.8 Å². The molecule has 2 amide bonds. The topological polar surface area (TPSA) is 66.3 Å². The predicted octanol–water partition coefficient (Wildman–Crippen LogP) is 2.66. The number of nitrogens with one attached hydrogen (secondary N) is 1.